The average molecular weight is 306 g/mol. The average Bonchev–Trinajstić information content (AvgIpc) is 3.00. The maximum absolute atomic E-state index is 12.0. The molecule has 0 radical (unpaired) electrons. The summed E-state index contributed by atoms with van der Waals surface area (Å²) in [6, 6.07) is 5.06. The number of carbonyl (C=O) groups excluding carboxylic acids is 1. The third kappa shape index (κ3) is 4.02. The fourth-order valence-corrected chi connectivity index (χ4v) is 2.31. The van der Waals surface area contributed by atoms with E-state index in [1.54, 1.807) is 16.4 Å². The number of nitrogens with two attached hydrogens (primary N) is 1. The number of thioether (sulfide) groups is 1. The molecule has 8 heteroatoms. The first kappa shape index (κ1) is 15.5. The van der Waals surface area contributed by atoms with E-state index in [0.717, 1.165) is 17.0 Å². The lowest BCUT2D eigenvalue weighted by atomic mass is 10.1. The molecule has 1 heterocycles. The van der Waals surface area contributed by atoms with Crippen molar-refractivity contribution in [1.82, 2.24) is 20.2 Å². The normalized spacial score (nSPS) is 12.1. The highest BCUT2D eigenvalue weighted by Gasteiger charge is 2.14. The van der Waals surface area contributed by atoms with Crippen LogP contribution in [0.25, 0.3) is 5.69 Å². The standard InChI is InChI=1S/C13H18N6OS/c1-9-3-4-10(7-12(9)19-8-15-17-18-19)16-13(20)11(14)5-6-21-2/h3-4,7-8,11H,5-6,14H2,1-2H3,(H,16,20)/t11-/m1/s1. The maximum Gasteiger partial charge on any atom is 0.241 e. The largest absolute Gasteiger partial charge is 0.325 e. The van der Waals surface area contributed by atoms with E-state index in [1.807, 2.05) is 31.4 Å². The molecule has 3 N–H and O–H groups in total. The van der Waals surface area contributed by atoms with E-state index in [4.69, 9.17) is 5.73 Å². The summed E-state index contributed by atoms with van der Waals surface area (Å²) in [6.45, 7) is 1.95. The third-order valence-electron chi connectivity index (χ3n) is 3.04. The number of aryl methyl sites for hydroxylation is 1. The Balaban J connectivity index is 2.11. The van der Waals surface area contributed by atoms with Crippen molar-refractivity contribution >= 4 is 23.4 Å². The number of rotatable bonds is 6. The van der Waals surface area contributed by atoms with Crippen LogP contribution < -0.4 is 11.1 Å². The molecule has 1 aromatic heterocycles. The first-order chi connectivity index (χ1) is 10.1. The minimum atomic E-state index is -0.504. The number of benzene rings is 1. The quantitative estimate of drug-likeness (QED) is 0.825. The SMILES string of the molecule is CSCC[C@@H](N)C(=O)Nc1ccc(C)c(-n2cnnn2)c1. The monoisotopic (exact) mass is 306 g/mol. The molecule has 2 aromatic rings. The van der Waals surface area contributed by atoms with E-state index in [0.29, 0.717) is 12.1 Å². The lowest BCUT2D eigenvalue weighted by Gasteiger charge is -2.13. The molecular weight excluding hydrogens is 288 g/mol. The summed E-state index contributed by atoms with van der Waals surface area (Å²) < 4.78 is 1.55. The summed E-state index contributed by atoms with van der Waals surface area (Å²) in [5.74, 6) is 0.675. The second-order valence-corrected chi connectivity index (χ2v) is 5.62. The van der Waals surface area contributed by atoms with Crippen LogP contribution in [0.3, 0.4) is 0 Å². The van der Waals surface area contributed by atoms with E-state index in [-0.39, 0.29) is 5.91 Å². The van der Waals surface area contributed by atoms with Crippen LogP contribution in [0.4, 0.5) is 5.69 Å². The van der Waals surface area contributed by atoms with Crippen molar-refractivity contribution in [2.75, 3.05) is 17.3 Å². The Kier molecular flexibility index (Phi) is 5.29. The van der Waals surface area contributed by atoms with Gasteiger partial charge in [0.1, 0.15) is 6.33 Å². The Bertz CT molecular complexity index is 601. The van der Waals surface area contributed by atoms with Crippen LogP contribution in [-0.2, 0) is 4.79 Å². The van der Waals surface area contributed by atoms with Gasteiger partial charge in [-0.2, -0.15) is 11.8 Å². The minimum Gasteiger partial charge on any atom is -0.325 e. The smallest absolute Gasteiger partial charge is 0.241 e. The van der Waals surface area contributed by atoms with Gasteiger partial charge in [-0.3, -0.25) is 4.79 Å². The molecule has 2 rings (SSSR count). The van der Waals surface area contributed by atoms with Crippen molar-refractivity contribution in [3.8, 4) is 5.69 Å². The van der Waals surface area contributed by atoms with Gasteiger partial charge in [-0.1, -0.05) is 6.07 Å². The van der Waals surface area contributed by atoms with Crippen LogP contribution in [0.1, 0.15) is 12.0 Å². The lowest BCUT2D eigenvalue weighted by molar-refractivity contribution is -0.117. The van der Waals surface area contributed by atoms with E-state index in [9.17, 15) is 4.79 Å². The molecule has 7 nitrogen and oxygen atoms in total. The van der Waals surface area contributed by atoms with Gasteiger partial charge in [-0.15, -0.1) is 5.10 Å². The highest BCUT2D eigenvalue weighted by molar-refractivity contribution is 7.98. The van der Waals surface area contributed by atoms with Crippen LogP contribution in [-0.4, -0.2) is 44.2 Å². The van der Waals surface area contributed by atoms with Crippen molar-refractivity contribution in [2.24, 2.45) is 5.73 Å². The number of nitrogens with one attached hydrogen (secondary N) is 1. The Morgan fingerprint density at radius 3 is 3.00 bits per heavy atom. The van der Waals surface area contributed by atoms with Crippen LogP contribution in [0, 0.1) is 6.92 Å². The number of hydrogen-bond donors (Lipinski definition) is 2. The minimum absolute atomic E-state index is 0.185. The first-order valence-electron chi connectivity index (χ1n) is 6.51. The molecule has 1 aromatic carbocycles. The van der Waals surface area contributed by atoms with Crippen LogP contribution in [0.15, 0.2) is 24.5 Å². The van der Waals surface area contributed by atoms with E-state index >= 15 is 0 Å². The van der Waals surface area contributed by atoms with Crippen molar-refractivity contribution in [2.45, 2.75) is 19.4 Å². The van der Waals surface area contributed by atoms with E-state index < -0.39 is 6.04 Å². The predicted octanol–water partition coefficient (Wildman–Crippen LogP) is 0.990. The first-order valence-corrected chi connectivity index (χ1v) is 7.90. The van der Waals surface area contributed by atoms with E-state index in [1.165, 1.54) is 6.33 Å². The number of carbonyl (C=O) groups is 1. The second kappa shape index (κ2) is 7.19. The zero-order chi connectivity index (χ0) is 15.2. The Morgan fingerprint density at radius 2 is 2.33 bits per heavy atom. The zero-order valence-electron chi connectivity index (χ0n) is 12.0. The molecule has 0 fully saturated rings. The maximum atomic E-state index is 12.0. The number of nitrogens with zero attached hydrogens (tertiary/aromatic N) is 4. The van der Waals surface area contributed by atoms with Crippen LogP contribution in [0.2, 0.25) is 0 Å². The molecule has 1 atom stereocenters. The van der Waals surface area contributed by atoms with Crippen LogP contribution in [0.5, 0.6) is 0 Å². The summed E-state index contributed by atoms with van der Waals surface area (Å²) >= 11 is 1.67. The molecule has 112 valence electrons. The molecule has 0 saturated heterocycles. The molecule has 0 aliphatic heterocycles. The number of amides is 1. The fourth-order valence-electron chi connectivity index (χ4n) is 1.82. The Labute approximate surface area is 127 Å². The predicted molar refractivity (Wildman–Crippen MR) is 83.5 cm³/mol. The lowest BCUT2D eigenvalue weighted by Crippen LogP contribution is -2.36. The summed E-state index contributed by atoms with van der Waals surface area (Å²) in [5.41, 5.74) is 8.35. The highest BCUT2D eigenvalue weighted by Crippen LogP contribution is 2.18. The van der Waals surface area contributed by atoms with Crippen molar-refractivity contribution < 1.29 is 4.79 Å². The molecule has 0 unspecified atom stereocenters. The van der Waals surface area contributed by atoms with Gasteiger partial charge in [0.25, 0.3) is 0 Å². The topological polar surface area (TPSA) is 98.7 Å². The summed E-state index contributed by atoms with van der Waals surface area (Å²) in [6.07, 6.45) is 4.15. The summed E-state index contributed by atoms with van der Waals surface area (Å²) in [5, 5.41) is 13.9. The van der Waals surface area contributed by atoms with Gasteiger partial charge in [-0.25, -0.2) is 4.68 Å². The highest BCUT2D eigenvalue weighted by atomic mass is 32.2. The third-order valence-corrected chi connectivity index (χ3v) is 3.69. The summed E-state index contributed by atoms with van der Waals surface area (Å²) in [7, 11) is 0. The summed E-state index contributed by atoms with van der Waals surface area (Å²) in [4.78, 5) is 12.0. The number of anilines is 1. The molecule has 0 saturated carbocycles. The Hall–Kier alpha value is -1.93. The fraction of sp³-hybridized carbons (Fsp3) is 0.385. The molecule has 21 heavy (non-hydrogen) atoms. The van der Waals surface area contributed by atoms with Gasteiger partial charge in [0, 0.05) is 5.69 Å². The number of aromatic nitrogens is 4. The van der Waals surface area contributed by atoms with Crippen molar-refractivity contribution in [1.29, 1.82) is 0 Å². The van der Waals surface area contributed by atoms with Crippen molar-refractivity contribution in [3.63, 3.8) is 0 Å². The Morgan fingerprint density at radius 1 is 1.52 bits per heavy atom. The van der Waals surface area contributed by atoms with Crippen LogP contribution >= 0.6 is 11.8 Å². The van der Waals surface area contributed by atoms with E-state index in [2.05, 4.69) is 20.8 Å². The molecule has 1 amide bonds. The van der Waals surface area contributed by atoms with Crippen molar-refractivity contribution in [3.05, 3.63) is 30.1 Å². The molecule has 0 bridgehead atoms. The second-order valence-electron chi connectivity index (χ2n) is 4.63. The number of tetrazole rings is 1. The zero-order valence-corrected chi connectivity index (χ0v) is 12.8. The van der Waals surface area contributed by atoms with Gasteiger partial charge in [0.2, 0.25) is 5.91 Å². The van der Waals surface area contributed by atoms with Gasteiger partial charge < -0.3 is 11.1 Å². The van der Waals surface area contributed by atoms with Gasteiger partial charge in [0.05, 0.1) is 11.7 Å². The number of hydrogen-bond acceptors (Lipinski definition) is 6. The molecular formula is C13H18N6OS. The van der Waals surface area contributed by atoms with Gasteiger partial charge in [0.15, 0.2) is 0 Å². The van der Waals surface area contributed by atoms with Gasteiger partial charge >= 0.3 is 0 Å². The van der Waals surface area contributed by atoms with Gasteiger partial charge in [-0.05, 0) is 53.5 Å². The molecule has 0 aliphatic rings. The molecule has 0 aliphatic carbocycles. The molecule has 0 spiro atoms.